The van der Waals surface area contributed by atoms with Crippen molar-refractivity contribution < 1.29 is 13.0 Å². The summed E-state index contributed by atoms with van der Waals surface area (Å²) >= 11 is 5.69. The van der Waals surface area contributed by atoms with Gasteiger partial charge in [0.05, 0.1) is 5.75 Å². The van der Waals surface area contributed by atoms with Gasteiger partial charge in [-0.1, -0.05) is 23.7 Å². The van der Waals surface area contributed by atoms with Crippen molar-refractivity contribution in [3.05, 3.63) is 34.9 Å². The summed E-state index contributed by atoms with van der Waals surface area (Å²) in [6.45, 7) is 0.154. The molecule has 84 valence electrons. The number of hydrogen-bond acceptors (Lipinski definition) is 3. The van der Waals surface area contributed by atoms with E-state index in [2.05, 4.69) is 0 Å². The molecule has 15 heavy (non-hydrogen) atoms. The average molecular weight is 250 g/mol. The Morgan fingerprint density at radius 2 is 1.87 bits per heavy atom. The van der Waals surface area contributed by atoms with Crippen molar-refractivity contribution in [3.8, 4) is 0 Å². The van der Waals surface area contributed by atoms with Gasteiger partial charge in [0.2, 0.25) is 0 Å². The Morgan fingerprint density at radius 3 is 2.27 bits per heavy atom. The van der Waals surface area contributed by atoms with E-state index in [1.54, 1.807) is 24.3 Å². The first-order chi connectivity index (χ1) is 6.92. The summed E-state index contributed by atoms with van der Waals surface area (Å²) in [7, 11) is -4.01. The molecule has 0 radical (unpaired) electrons. The van der Waals surface area contributed by atoms with Crippen LogP contribution in [0.15, 0.2) is 24.3 Å². The lowest BCUT2D eigenvalue weighted by molar-refractivity contribution is 0.477. The Balaban J connectivity index is 2.88. The zero-order valence-electron chi connectivity index (χ0n) is 7.93. The molecule has 0 heterocycles. The van der Waals surface area contributed by atoms with Crippen molar-refractivity contribution in [1.82, 2.24) is 0 Å². The van der Waals surface area contributed by atoms with Gasteiger partial charge in [-0.25, -0.2) is 0 Å². The Kier molecular flexibility index (Phi) is 4.10. The highest BCUT2D eigenvalue weighted by atomic mass is 35.5. The van der Waals surface area contributed by atoms with E-state index in [-0.39, 0.29) is 12.3 Å². The lowest BCUT2D eigenvalue weighted by Crippen LogP contribution is -2.21. The second kappa shape index (κ2) is 4.94. The Bertz CT molecular complexity index is 415. The van der Waals surface area contributed by atoms with Crippen LogP contribution in [0, 0.1) is 0 Å². The fourth-order valence-corrected chi connectivity index (χ4v) is 2.25. The summed E-state index contributed by atoms with van der Waals surface area (Å²) in [5.41, 5.74) is 6.19. The molecule has 0 aliphatic rings. The van der Waals surface area contributed by atoms with E-state index in [4.69, 9.17) is 21.9 Å². The predicted octanol–water partition coefficient (Wildman–Crippen LogP) is 1.27. The Labute approximate surface area is 93.8 Å². The van der Waals surface area contributed by atoms with Crippen molar-refractivity contribution in [1.29, 1.82) is 0 Å². The largest absolute Gasteiger partial charge is 0.330 e. The molecular formula is C9H12ClNO3S. The lowest BCUT2D eigenvalue weighted by Gasteiger charge is -2.13. The summed E-state index contributed by atoms with van der Waals surface area (Å²) in [6, 6.07) is 6.71. The van der Waals surface area contributed by atoms with Crippen LogP contribution in [0.1, 0.15) is 11.5 Å². The molecule has 0 saturated carbocycles. The van der Waals surface area contributed by atoms with E-state index in [0.29, 0.717) is 5.02 Å². The van der Waals surface area contributed by atoms with Gasteiger partial charge in [-0.05, 0) is 17.7 Å². The fraction of sp³-hybridized carbons (Fsp3) is 0.333. The fourth-order valence-electron chi connectivity index (χ4n) is 1.29. The summed E-state index contributed by atoms with van der Waals surface area (Å²) in [6.07, 6.45) is 0. The van der Waals surface area contributed by atoms with Gasteiger partial charge in [0.1, 0.15) is 0 Å². The van der Waals surface area contributed by atoms with Crippen LogP contribution in [-0.2, 0) is 10.1 Å². The standard InChI is InChI=1S/C9H12ClNO3S/c10-9-3-1-7(2-4-9)8(5-11)6-15(12,13)14/h1-4,8H,5-6,11H2,(H,12,13,14)/t8-/m0/s1. The average Bonchev–Trinajstić information content (AvgIpc) is 2.14. The third-order valence-electron chi connectivity index (χ3n) is 2.04. The van der Waals surface area contributed by atoms with E-state index in [0.717, 1.165) is 5.56 Å². The molecule has 0 fully saturated rings. The lowest BCUT2D eigenvalue weighted by atomic mass is 10.0. The van der Waals surface area contributed by atoms with E-state index >= 15 is 0 Å². The first-order valence-electron chi connectivity index (χ1n) is 4.33. The minimum atomic E-state index is -4.01. The molecule has 1 aromatic carbocycles. The monoisotopic (exact) mass is 249 g/mol. The second-order valence-electron chi connectivity index (χ2n) is 3.23. The van der Waals surface area contributed by atoms with Crippen LogP contribution in [0.5, 0.6) is 0 Å². The first kappa shape index (κ1) is 12.4. The maximum Gasteiger partial charge on any atom is 0.265 e. The minimum absolute atomic E-state index is 0.154. The molecule has 0 aliphatic heterocycles. The zero-order chi connectivity index (χ0) is 11.5. The molecule has 3 N–H and O–H groups in total. The predicted molar refractivity (Wildman–Crippen MR) is 59.7 cm³/mol. The quantitative estimate of drug-likeness (QED) is 0.788. The van der Waals surface area contributed by atoms with E-state index in [9.17, 15) is 8.42 Å². The van der Waals surface area contributed by atoms with E-state index < -0.39 is 16.0 Å². The summed E-state index contributed by atoms with van der Waals surface area (Å²) < 4.78 is 30.2. The molecule has 0 unspecified atom stereocenters. The van der Waals surface area contributed by atoms with Gasteiger partial charge in [-0.15, -0.1) is 0 Å². The molecule has 0 bridgehead atoms. The highest BCUT2D eigenvalue weighted by Crippen LogP contribution is 2.18. The molecule has 0 amide bonds. The second-order valence-corrected chi connectivity index (χ2v) is 5.17. The highest BCUT2D eigenvalue weighted by Gasteiger charge is 2.17. The number of nitrogens with two attached hydrogens (primary N) is 1. The summed E-state index contributed by atoms with van der Waals surface area (Å²) in [5, 5.41) is 0.571. The SMILES string of the molecule is NC[C@@H](CS(=O)(=O)O)c1ccc(Cl)cc1. The van der Waals surface area contributed by atoms with Crippen LogP contribution >= 0.6 is 11.6 Å². The third-order valence-corrected chi connectivity index (χ3v) is 3.11. The molecule has 1 aromatic rings. The first-order valence-corrected chi connectivity index (χ1v) is 6.32. The molecular weight excluding hydrogens is 238 g/mol. The van der Waals surface area contributed by atoms with Gasteiger partial charge in [-0.2, -0.15) is 8.42 Å². The molecule has 1 rings (SSSR count). The van der Waals surface area contributed by atoms with Gasteiger partial charge in [0.15, 0.2) is 0 Å². The van der Waals surface area contributed by atoms with Crippen molar-refractivity contribution in [2.24, 2.45) is 5.73 Å². The maximum atomic E-state index is 10.7. The number of rotatable bonds is 4. The van der Waals surface area contributed by atoms with Crippen LogP contribution in [0.3, 0.4) is 0 Å². The van der Waals surface area contributed by atoms with Crippen LogP contribution in [0.2, 0.25) is 5.02 Å². The van der Waals surface area contributed by atoms with Gasteiger partial charge in [0, 0.05) is 17.5 Å². The number of benzene rings is 1. The Hall–Kier alpha value is -0.620. The number of halogens is 1. The van der Waals surface area contributed by atoms with Crippen LogP contribution in [-0.4, -0.2) is 25.3 Å². The Morgan fingerprint density at radius 1 is 1.33 bits per heavy atom. The molecule has 1 atom stereocenters. The van der Waals surface area contributed by atoms with Crippen molar-refractivity contribution in [2.45, 2.75) is 5.92 Å². The molecule has 0 aromatic heterocycles. The zero-order valence-corrected chi connectivity index (χ0v) is 9.50. The van der Waals surface area contributed by atoms with E-state index in [1.807, 2.05) is 0 Å². The molecule has 6 heteroatoms. The summed E-state index contributed by atoms with van der Waals surface area (Å²) in [5.74, 6) is -0.775. The van der Waals surface area contributed by atoms with Gasteiger partial charge >= 0.3 is 0 Å². The van der Waals surface area contributed by atoms with E-state index in [1.165, 1.54) is 0 Å². The number of hydrogen-bond donors (Lipinski definition) is 2. The minimum Gasteiger partial charge on any atom is -0.330 e. The molecule has 4 nitrogen and oxygen atoms in total. The maximum absolute atomic E-state index is 10.7. The van der Waals surface area contributed by atoms with Crippen LogP contribution < -0.4 is 5.73 Å². The third kappa shape index (κ3) is 4.17. The van der Waals surface area contributed by atoms with Crippen LogP contribution in [0.25, 0.3) is 0 Å². The van der Waals surface area contributed by atoms with Crippen LogP contribution in [0.4, 0.5) is 0 Å². The molecule has 0 spiro atoms. The highest BCUT2D eigenvalue weighted by molar-refractivity contribution is 7.85. The molecule has 0 saturated heterocycles. The van der Waals surface area contributed by atoms with Gasteiger partial charge < -0.3 is 5.73 Å². The smallest absolute Gasteiger partial charge is 0.265 e. The summed E-state index contributed by atoms with van der Waals surface area (Å²) in [4.78, 5) is 0. The topological polar surface area (TPSA) is 80.4 Å². The van der Waals surface area contributed by atoms with Crippen molar-refractivity contribution in [2.75, 3.05) is 12.3 Å². The van der Waals surface area contributed by atoms with Gasteiger partial charge in [-0.3, -0.25) is 4.55 Å². The molecule has 0 aliphatic carbocycles. The normalized spacial score (nSPS) is 13.8. The van der Waals surface area contributed by atoms with Crippen molar-refractivity contribution in [3.63, 3.8) is 0 Å². The van der Waals surface area contributed by atoms with Gasteiger partial charge in [0.25, 0.3) is 10.1 Å². The van der Waals surface area contributed by atoms with Crippen molar-refractivity contribution >= 4 is 21.7 Å².